The molecular formula is C15H18ClIN2OS. The predicted octanol–water partition coefficient (Wildman–Crippen LogP) is 4.51. The van der Waals surface area contributed by atoms with Crippen LogP contribution in [0.2, 0.25) is 5.02 Å². The van der Waals surface area contributed by atoms with Crippen molar-refractivity contribution in [3.63, 3.8) is 0 Å². The molecule has 21 heavy (non-hydrogen) atoms. The van der Waals surface area contributed by atoms with Crippen LogP contribution < -0.4 is 11.1 Å². The molecular weight excluding hydrogens is 419 g/mol. The standard InChI is InChI=1S/C15H18ClIN2OS/c16-11-9-10(17)5-6-12(11)19-14(20)15(13(18)21)7-3-1-2-4-8-15/h5-6,9H,1-4,7-8H2,(H2,18,21)(H,19,20). The summed E-state index contributed by atoms with van der Waals surface area (Å²) in [6, 6.07) is 5.53. The topological polar surface area (TPSA) is 55.1 Å². The van der Waals surface area contributed by atoms with Crippen LogP contribution in [0.25, 0.3) is 0 Å². The first-order chi connectivity index (χ1) is 9.95. The lowest BCUT2D eigenvalue weighted by Gasteiger charge is -2.30. The molecule has 1 aromatic carbocycles. The molecule has 0 aliphatic heterocycles. The zero-order chi connectivity index (χ0) is 15.5. The van der Waals surface area contributed by atoms with Gasteiger partial charge in [0.2, 0.25) is 5.91 Å². The number of benzene rings is 1. The van der Waals surface area contributed by atoms with E-state index in [2.05, 4.69) is 27.9 Å². The van der Waals surface area contributed by atoms with Crippen molar-refractivity contribution < 1.29 is 4.79 Å². The van der Waals surface area contributed by atoms with Gasteiger partial charge < -0.3 is 11.1 Å². The van der Waals surface area contributed by atoms with Crippen LogP contribution in [-0.4, -0.2) is 10.9 Å². The summed E-state index contributed by atoms with van der Waals surface area (Å²) in [5.41, 5.74) is 5.80. The molecule has 2 rings (SSSR count). The van der Waals surface area contributed by atoms with Gasteiger partial charge in [0, 0.05) is 3.57 Å². The Kier molecular flexibility index (Phi) is 5.85. The number of carbonyl (C=O) groups is 1. The van der Waals surface area contributed by atoms with E-state index >= 15 is 0 Å². The second-order valence-electron chi connectivity index (χ2n) is 5.44. The number of anilines is 1. The van der Waals surface area contributed by atoms with Crippen molar-refractivity contribution in [1.29, 1.82) is 0 Å². The first-order valence-electron chi connectivity index (χ1n) is 7.02. The van der Waals surface area contributed by atoms with E-state index < -0.39 is 5.41 Å². The third-order valence-electron chi connectivity index (χ3n) is 4.04. The summed E-state index contributed by atoms with van der Waals surface area (Å²) in [7, 11) is 0. The van der Waals surface area contributed by atoms with Gasteiger partial charge >= 0.3 is 0 Å². The molecule has 1 aromatic rings. The van der Waals surface area contributed by atoms with Crippen LogP contribution in [0, 0.1) is 8.99 Å². The van der Waals surface area contributed by atoms with Crippen molar-refractivity contribution >= 4 is 63.0 Å². The lowest BCUT2D eigenvalue weighted by atomic mass is 9.79. The summed E-state index contributed by atoms with van der Waals surface area (Å²) < 4.78 is 1.02. The maximum atomic E-state index is 12.8. The van der Waals surface area contributed by atoms with Crippen molar-refractivity contribution in [1.82, 2.24) is 0 Å². The monoisotopic (exact) mass is 436 g/mol. The Hall–Kier alpha value is -0.400. The lowest BCUT2D eigenvalue weighted by Crippen LogP contribution is -2.45. The summed E-state index contributed by atoms with van der Waals surface area (Å²) in [6.07, 6.45) is 5.65. The first kappa shape index (κ1) is 17.0. The van der Waals surface area contributed by atoms with Crippen molar-refractivity contribution in [2.75, 3.05) is 5.32 Å². The molecule has 1 aliphatic carbocycles. The summed E-state index contributed by atoms with van der Waals surface area (Å²) in [5.74, 6) is -0.125. The Morgan fingerprint density at radius 3 is 2.43 bits per heavy atom. The molecule has 0 spiro atoms. The minimum Gasteiger partial charge on any atom is -0.392 e. The van der Waals surface area contributed by atoms with Gasteiger partial charge in [-0.05, 0) is 53.6 Å². The first-order valence-corrected chi connectivity index (χ1v) is 8.88. The van der Waals surface area contributed by atoms with Crippen molar-refractivity contribution in [3.05, 3.63) is 26.8 Å². The smallest absolute Gasteiger partial charge is 0.237 e. The fourth-order valence-corrected chi connectivity index (χ4v) is 3.95. The van der Waals surface area contributed by atoms with Crippen LogP contribution in [0.1, 0.15) is 38.5 Å². The molecule has 114 valence electrons. The number of carbonyl (C=O) groups excluding carboxylic acids is 1. The van der Waals surface area contributed by atoms with Crippen LogP contribution in [0.5, 0.6) is 0 Å². The Morgan fingerprint density at radius 1 is 1.29 bits per heavy atom. The molecule has 6 heteroatoms. The Morgan fingerprint density at radius 2 is 1.90 bits per heavy atom. The molecule has 0 aromatic heterocycles. The van der Waals surface area contributed by atoms with E-state index in [1.807, 2.05) is 18.2 Å². The van der Waals surface area contributed by atoms with Gasteiger partial charge in [-0.25, -0.2) is 0 Å². The van der Waals surface area contributed by atoms with Crippen LogP contribution in [-0.2, 0) is 4.79 Å². The highest BCUT2D eigenvalue weighted by Gasteiger charge is 2.41. The zero-order valence-corrected chi connectivity index (χ0v) is 15.4. The van der Waals surface area contributed by atoms with E-state index in [1.54, 1.807) is 0 Å². The molecule has 0 bridgehead atoms. The van der Waals surface area contributed by atoms with Crippen molar-refractivity contribution in [2.24, 2.45) is 11.1 Å². The number of thiocarbonyl (C=S) groups is 1. The molecule has 1 amide bonds. The number of hydrogen-bond acceptors (Lipinski definition) is 2. The largest absolute Gasteiger partial charge is 0.392 e. The van der Waals surface area contributed by atoms with Gasteiger partial charge in [0.05, 0.1) is 21.1 Å². The molecule has 0 unspecified atom stereocenters. The zero-order valence-electron chi connectivity index (χ0n) is 11.6. The number of nitrogens with one attached hydrogen (secondary N) is 1. The third kappa shape index (κ3) is 3.87. The number of nitrogens with two attached hydrogens (primary N) is 1. The van der Waals surface area contributed by atoms with E-state index in [1.165, 1.54) is 0 Å². The fourth-order valence-electron chi connectivity index (χ4n) is 2.75. The highest BCUT2D eigenvalue weighted by atomic mass is 127. The van der Waals surface area contributed by atoms with E-state index in [-0.39, 0.29) is 5.91 Å². The highest BCUT2D eigenvalue weighted by molar-refractivity contribution is 14.1. The van der Waals surface area contributed by atoms with Crippen molar-refractivity contribution in [3.8, 4) is 0 Å². The third-order valence-corrected chi connectivity index (χ3v) is 5.42. The predicted molar refractivity (Wildman–Crippen MR) is 99.7 cm³/mol. The summed E-state index contributed by atoms with van der Waals surface area (Å²) in [6.45, 7) is 0. The maximum absolute atomic E-state index is 12.8. The van der Waals surface area contributed by atoms with Gasteiger partial charge in [-0.2, -0.15) is 0 Å². The van der Waals surface area contributed by atoms with E-state index in [0.717, 1.165) is 42.1 Å². The summed E-state index contributed by atoms with van der Waals surface area (Å²) in [5, 5.41) is 3.44. The number of rotatable bonds is 3. The van der Waals surface area contributed by atoms with Gasteiger partial charge in [-0.1, -0.05) is 49.5 Å². The number of halogens is 2. The maximum Gasteiger partial charge on any atom is 0.237 e. The number of amides is 1. The average molecular weight is 437 g/mol. The summed E-state index contributed by atoms with van der Waals surface area (Å²) in [4.78, 5) is 13.1. The highest BCUT2D eigenvalue weighted by Crippen LogP contribution is 2.37. The average Bonchev–Trinajstić information content (AvgIpc) is 2.68. The fraction of sp³-hybridized carbons (Fsp3) is 0.467. The quantitative estimate of drug-likeness (QED) is 0.416. The van der Waals surface area contributed by atoms with Gasteiger partial charge in [-0.3, -0.25) is 4.79 Å². The van der Waals surface area contributed by atoms with Gasteiger partial charge in [0.15, 0.2) is 0 Å². The number of hydrogen-bond donors (Lipinski definition) is 2. The SMILES string of the molecule is NC(=S)C1(C(=O)Nc2ccc(I)cc2Cl)CCCCCC1. The van der Waals surface area contributed by atoms with Crippen LogP contribution in [0.4, 0.5) is 5.69 Å². The molecule has 3 N–H and O–H groups in total. The Labute approximate surface area is 149 Å². The van der Waals surface area contributed by atoms with E-state index in [9.17, 15) is 4.79 Å². The van der Waals surface area contributed by atoms with E-state index in [0.29, 0.717) is 15.7 Å². The second-order valence-corrected chi connectivity index (χ2v) is 7.53. The normalized spacial score (nSPS) is 17.8. The van der Waals surface area contributed by atoms with Gasteiger partial charge in [0.1, 0.15) is 0 Å². The lowest BCUT2D eigenvalue weighted by molar-refractivity contribution is -0.122. The molecule has 0 atom stereocenters. The molecule has 0 heterocycles. The van der Waals surface area contributed by atoms with Crippen molar-refractivity contribution in [2.45, 2.75) is 38.5 Å². The molecule has 1 fully saturated rings. The molecule has 0 radical (unpaired) electrons. The molecule has 0 saturated heterocycles. The minimum atomic E-state index is -0.738. The van der Waals surface area contributed by atoms with Gasteiger partial charge in [-0.15, -0.1) is 0 Å². The van der Waals surface area contributed by atoms with Crippen LogP contribution in [0.3, 0.4) is 0 Å². The minimum absolute atomic E-state index is 0.125. The molecule has 1 aliphatic rings. The van der Waals surface area contributed by atoms with E-state index in [4.69, 9.17) is 29.6 Å². The van der Waals surface area contributed by atoms with Gasteiger partial charge in [0.25, 0.3) is 0 Å². The van der Waals surface area contributed by atoms with Crippen LogP contribution >= 0.6 is 46.4 Å². The Bertz CT molecular complexity index is 557. The Balaban J connectivity index is 2.24. The summed E-state index contributed by atoms with van der Waals surface area (Å²) >= 11 is 13.6. The van der Waals surface area contributed by atoms with Crippen LogP contribution in [0.15, 0.2) is 18.2 Å². The molecule has 3 nitrogen and oxygen atoms in total. The second kappa shape index (κ2) is 7.24. The molecule has 1 saturated carbocycles.